The minimum Gasteiger partial charge on any atom is -0.458 e. The van der Waals surface area contributed by atoms with Gasteiger partial charge in [0.2, 0.25) is 0 Å². The fraction of sp³-hybridized carbons (Fsp3) is 0.478. The highest BCUT2D eigenvalue weighted by atomic mass is 35.5. The summed E-state index contributed by atoms with van der Waals surface area (Å²) in [7, 11) is 0. The monoisotopic (exact) mass is 399 g/mol. The van der Waals surface area contributed by atoms with Gasteiger partial charge in [0.05, 0.1) is 0 Å². The van der Waals surface area contributed by atoms with Crippen molar-refractivity contribution in [1.82, 2.24) is 4.98 Å². The summed E-state index contributed by atoms with van der Waals surface area (Å²) >= 11 is 5.98. The quantitative estimate of drug-likeness (QED) is 0.681. The number of nitrogens with one attached hydrogen (secondary N) is 1. The highest BCUT2D eigenvalue weighted by Crippen LogP contribution is 2.36. The molecule has 0 aliphatic heterocycles. The number of aromatic amines is 1. The molecule has 4 nitrogen and oxygen atoms in total. The Kier molecular flexibility index (Phi) is 5.33. The van der Waals surface area contributed by atoms with Crippen molar-refractivity contribution in [3.8, 4) is 0 Å². The first-order valence-electron chi connectivity index (χ1n) is 10.1. The Morgan fingerprint density at radius 2 is 1.79 bits per heavy atom. The van der Waals surface area contributed by atoms with E-state index in [2.05, 4.69) is 11.9 Å². The number of fused-ring (bicyclic) bond motifs is 1. The van der Waals surface area contributed by atoms with Crippen LogP contribution in [-0.2, 0) is 11.2 Å². The van der Waals surface area contributed by atoms with Gasteiger partial charge in [-0.25, -0.2) is 4.79 Å². The standard InChI is InChI=1S/C23H26ClNO3/c1-13-3-9-18(10-4-13)28-23(27)22-14(2)21-19(25-22)11-16(12-20(21)26)15-5-7-17(24)8-6-15/h5-8,13,16,18,25H,3-4,9-12H2,1-2H3/t13?,16-,18?/m1/s1. The van der Waals surface area contributed by atoms with E-state index in [9.17, 15) is 9.59 Å². The van der Waals surface area contributed by atoms with Crippen LogP contribution < -0.4 is 0 Å². The summed E-state index contributed by atoms with van der Waals surface area (Å²) in [6.07, 6.45) is 5.17. The van der Waals surface area contributed by atoms with Crippen molar-refractivity contribution in [1.29, 1.82) is 0 Å². The molecule has 0 bridgehead atoms. The number of aromatic nitrogens is 1. The van der Waals surface area contributed by atoms with Crippen molar-refractivity contribution in [2.75, 3.05) is 0 Å². The third kappa shape index (κ3) is 3.75. The number of ketones is 1. The second-order valence-corrected chi connectivity index (χ2v) is 8.78. The average Bonchev–Trinajstić information content (AvgIpc) is 3.01. The molecule has 2 aliphatic rings. The van der Waals surface area contributed by atoms with Gasteiger partial charge in [0.15, 0.2) is 5.78 Å². The number of ether oxygens (including phenoxy) is 1. The zero-order valence-electron chi connectivity index (χ0n) is 16.4. The van der Waals surface area contributed by atoms with Crippen LogP contribution in [-0.4, -0.2) is 22.8 Å². The van der Waals surface area contributed by atoms with Gasteiger partial charge in [-0.15, -0.1) is 0 Å². The highest BCUT2D eigenvalue weighted by molar-refractivity contribution is 6.30. The average molecular weight is 400 g/mol. The Bertz CT molecular complexity index is 891. The Labute approximate surface area is 170 Å². The molecule has 0 saturated heterocycles. The lowest BCUT2D eigenvalue weighted by Crippen LogP contribution is -2.24. The van der Waals surface area contributed by atoms with Crippen molar-refractivity contribution < 1.29 is 14.3 Å². The zero-order valence-corrected chi connectivity index (χ0v) is 17.1. The normalized spacial score (nSPS) is 24.7. The number of esters is 1. The lowest BCUT2D eigenvalue weighted by molar-refractivity contribution is 0.0167. The molecule has 5 heteroatoms. The lowest BCUT2D eigenvalue weighted by Gasteiger charge is -2.25. The maximum Gasteiger partial charge on any atom is 0.355 e. The molecule has 0 spiro atoms. The summed E-state index contributed by atoms with van der Waals surface area (Å²) < 4.78 is 5.75. The first-order valence-corrected chi connectivity index (χ1v) is 10.5. The van der Waals surface area contributed by atoms with E-state index in [1.165, 1.54) is 0 Å². The molecule has 1 saturated carbocycles. The Morgan fingerprint density at radius 1 is 1.11 bits per heavy atom. The predicted octanol–water partition coefficient (Wildman–Crippen LogP) is 5.62. The minimum atomic E-state index is -0.331. The molecule has 1 atom stereocenters. The van der Waals surface area contributed by atoms with Gasteiger partial charge in [-0.1, -0.05) is 30.7 Å². The zero-order chi connectivity index (χ0) is 19.8. The summed E-state index contributed by atoms with van der Waals surface area (Å²) in [5.41, 5.74) is 3.78. The molecule has 0 unspecified atom stereocenters. The molecule has 1 aromatic heterocycles. The number of hydrogen-bond acceptors (Lipinski definition) is 3. The highest BCUT2D eigenvalue weighted by Gasteiger charge is 2.33. The number of H-pyrrole nitrogens is 1. The van der Waals surface area contributed by atoms with Gasteiger partial charge >= 0.3 is 5.97 Å². The molecule has 0 amide bonds. The number of halogens is 1. The van der Waals surface area contributed by atoms with E-state index in [0.717, 1.165) is 42.5 Å². The molecule has 148 valence electrons. The summed E-state index contributed by atoms with van der Waals surface area (Å²) in [4.78, 5) is 28.8. The smallest absolute Gasteiger partial charge is 0.355 e. The molecular weight excluding hydrogens is 374 g/mol. The van der Waals surface area contributed by atoms with E-state index in [1.807, 2.05) is 31.2 Å². The molecular formula is C23H26ClNO3. The molecule has 28 heavy (non-hydrogen) atoms. The Balaban J connectivity index is 1.53. The van der Waals surface area contributed by atoms with Crippen molar-refractivity contribution in [3.05, 3.63) is 57.4 Å². The van der Waals surface area contributed by atoms with Crippen LogP contribution in [0.4, 0.5) is 0 Å². The molecule has 1 fully saturated rings. The first-order chi connectivity index (χ1) is 13.4. The number of Topliss-reactive ketones (excluding diaryl/α,β-unsaturated/α-hetero) is 1. The molecule has 0 radical (unpaired) electrons. The summed E-state index contributed by atoms with van der Waals surface area (Å²) in [5.74, 6) is 0.554. The van der Waals surface area contributed by atoms with Gasteiger partial charge in [0.25, 0.3) is 0 Å². The van der Waals surface area contributed by atoms with Crippen molar-refractivity contribution in [2.24, 2.45) is 5.92 Å². The van der Waals surface area contributed by atoms with E-state index in [1.54, 1.807) is 0 Å². The van der Waals surface area contributed by atoms with Crippen LogP contribution in [0, 0.1) is 12.8 Å². The van der Waals surface area contributed by atoms with Crippen LogP contribution in [0.3, 0.4) is 0 Å². The van der Waals surface area contributed by atoms with E-state index in [4.69, 9.17) is 16.3 Å². The van der Waals surface area contributed by atoms with E-state index in [0.29, 0.717) is 35.0 Å². The Hall–Kier alpha value is -2.07. The number of carbonyl (C=O) groups is 2. The van der Waals surface area contributed by atoms with E-state index < -0.39 is 0 Å². The lowest BCUT2D eigenvalue weighted by atomic mass is 9.81. The van der Waals surface area contributed by atoms with Gasteiger partial charge in [0.1, 0.15) is 11.8 Å². The van der Waals surface area contributed by atoms with Gasteiger partial charge in [-0.3, -0.25) is 4.79 Å². The second-order valence-electron chi connectivity index (χ2n) is 8.35. The van der Waals surface area contributed by atoms with Crippen LogP contribution in [0.1, 0.15) is 82.6 Å². The molecule has 1 N–H and O–H groups in total. The SMILES string of the molecule is Cc1c(C(=O)OC2CCC(C)CC2)[nH]c2c1C(=O)C[C@H](c1ccc(Cl)cc1)C2. The number of hydrogen-bond donors (Lipinski definition) is 1. The number of rotatable bonds is 3. The van der Waals surface area contributed by atoms with E-state index >= 15 is 0 Å². The van der Waals surface area contributed by atoms with Crippen LogP contribution in [0.25, 0.3) is 0 Å². The van der Waals surface area contributed by atoms with E-state index in [-0.39, 0.29) is 23.8 Å². The van der Waals surface area contributed by atoms with Crippen LogP contribution in [0.2, 0.25) is 5.02 Å². The largest absolute Gasteiger partial charge is 0.458 e. The second kappa shape index (κ2) is 7.75. The minimum absolute atomic E-state index is 0.0130. The van der Waals surface area contributed by atoms with Gasteiger partial charge < -0.3 is 9.72 Å². The predicted molar refractivity (Wildman–Crippen MR) is 109 cm³/mol. The van der Waals surface area contributed by atoms with Crippen LogP contribution in [0.15, 0.2) is 24.3 Å². The summed E-state index contributed by atoms with van der Waals surface area (Å²) in [6.45, 7) is 4.08. The first kappa shape index (κ1) is 19.3. The maximum absolute atomic E-state index is 12.8. The van der Waals surface area contributed by atoms with Gasteiger partial charge in [-0.05, 0) is 74.1 Å². The van der Waals surface area contributed by atoms with Gasteiger partial charge in [-0.2, -0.15) is 0 Å². The fourth-order valence-corrected chi connectivity index (χ4v) is 4.69. The van der Waals surface area contributed by atoms with Gasteiger partial charge in [0, 0.05) is 22.7 Å². The molecule has 1 aromatic carbocycles. The van der Waals surface area contributed by atoms with Crippen molar-refractivity contribution >= 4 is 23.4 Å². The van der Waals surface area contributed by atoms with Crippen LogP contribution >= 0.6 is 11.6 Å². The van der Waals surface area contributed by atoms with Crippen molar-refractivity contribution in [2.45, 2.75) is 64.4 Å². The number of carbonyl (C=O) groups excluding carboxylic acids is 2. The summed E-state index contributed by atoms with van der Waals surface area (Å²) in [6, 6.07) is 7.65. The van der Waals surface area contributed by atoms with Crippen molar-refractivity contribution in [3.63, 3.8) is 0 Å². The molecule has 2 aliphatic carbocycles. The summed E-state index contributed by atoms with van der Waals surface area (Å²) in [5, 5.41) is 0.685. The molecule has 2 aromatic rings. The molecule has 4 rings (SSSR count). The fourth-order valence-electron chi connectivity index (χ4n) is 4.57. The maximum atomic E-state index is 12.8. The third-order valence-corrected chi connectivity index (χ3v) is 6.52. The topological polar surface area (TPSA) is 59.2 Å². The Morgan fingerprint density at radius 3 is 2.46 bits per heavy atom. The third-order valence-electron chi connectivity index (χ3n) is 6.27. The molecule has 1 heterocycles. The van der Waals surface area contributed by atoms with Crippen LogP contribution in [0.5, 0.6) is 0 Å². The number of benzene rings is 1.